The molecule has 0 bridgehead atoms. The Morgan fingerprint density at radius 2 is 2.10 bits per heavy atom. The van der Waals surface area contributed by atoms with Crippen LogP contribution in [0.3, 0.4) is 0 Å². The lowest BCUT2D eigenvalue weighted by atomic mass is 9.79. The second-order valence-corrected chi connectivity index (χ2v) is 5.82. The van der Waals surface area contributed by atoms with Crippen LogP contribution < -0.4 is 10.2 Å². The smallest absolute Gasteiger partial charge is 0.488 e. The van der Waals surface area contributed by atoms with Crippen LogP contribution in [0.4, 0.5) is 0 Å². The summed E-state index contributed by atoms with van der Waals surface area (Å²) >= 11 is 0. The average molecular weight is 292 g/mol. The Hall–Kier alpha value is -1.04. The first kappa shape index (κ1) is 16.3. The van der Waals surface area contributed by atoms with E-state index in [0.29, 0.717) is 18.2 Å². The molecule has 21 heavy (non-hydrogen) atoms. The van der Waals surface area contributed by atoms with E-state index in [4.69, 9.17) is 9.47 Å². The fourth-order valence-corrected chi connectivity index (χ4v) is 3.04. The van der Waals surface area contributed by atoms with Gasteiger partial charge in [0.2, 0.25) is 0 Å². The average Bonchev–Trinajstić information content (AvgIpc) is 2.52. The lowest BCUT2D eigenvalue weighted by Gasteiger charge is -2.28. The molecule has 5 heteroatoms. The first-order valence-corrected chi connectivity index (χ1v) is 7.78. The normalized spacial score (nSPS) is 22.1. The van der Waals surface area contributed by atoms with Crippen molar-refractivity contribution in [3.05, 3.63) is 23.8 Å². The number of benzene rings is 1. The molecule has 2 atom stereocenters. The zero-order chi connectivity index (χ0) is 15.2. The van der Waals surface area contributed by atoms with Gasteiger partial charge in [0.25, 0.3) is 0 Å². The molecule has 116 valence electrons. The lowest BCUT2D eigenvalue weighted by molar-refractivity contribution is 0.00110. The van der Waals surface area contributed by atoms with Gasteiger partial charge in [-0.15, -0.1) is 0 Å². The summed E-state index contributed by atoms with van der Waals surface area (Å²) < 4.78 is 11.4. The third-order valence-electron chi connectivity index (χ3n) is 4.39. The highest BCUT2D eigenvalue weighted by Crippen LogP contribution is 2.29. The van der Waals surface area contributed by atoms with Gasteiger partial charge in [0, 0.05) is 5.56 Å². The van der Waals surface area contributed by atoms with Crippen LogP contribution in [-0.4, -0.2) is 30.4 Å². The number of hydrogen-bond acceptors (Lipinski definition) is 4. The van der Waals surface area contributed by atoms with Gasteiger partial charge in [-0.1, -0.05) is 38.3 Å². The Labute approximate surface area is 127 Å². The molecule has 0 aromatic heterocycles. The summed E-state index contributed by atoms with van der Waals surface area (Å²) in [6, 6.07) is 5.15. The van der Waals surface area contributed by atoms with Crippen LogP contribution in [0.2, 0.25) is 0 Å². The number of ether oxygens (including phenoxy) is 2. The van der Waals surface area contributed by atoms with Gasteiger partial charge in [0.05, 0.1) is 19.8 Å². The van der Waals surface area contributed by atoms with Gasteiger partial charge in [-0.2, -0.15) is 0 Å². The maximum absolute atomic E-state index is 9.27. The summed E-state index contributed by atoms with van der Waals surface area (Å²) in [5.41, 5.74) is 1.33. The highest BCUT2D eigenvalue weighted by atomic mass is 16.5. The van der Waals surface area contributed by atoms with Crippen LogP contribution >= 0.6 is 0 Å². The van der Waals surface area contributed by atoms with Crippen molar-refractivity contribution < 1.29 is 19.5 Å². The molecule has 2 unspecified atom stereocenters. The molecule has 0 saturated heterocycles. The summed E-state index contributed by atoms with van der Waals surface area (Å²) in [4.78, 5) is 0. The summed E-state index contributed by atoms with van der Waals surface area (Å²) in [6.45, 7) is 2.69. The van der Waals surface area contributed by atoms with Crippen LogP contribution in [0.1, 0.15) is 44.6 Å². The van der Waals surface area contributed by atoms with Crippen LogP contribution in [-0.2, 0) is 11.3 Å². The Morgan fingerprint density at radius 3 is 2.76 bits per heavy atom. The molecule has 2 N–H and O–H groups in total. The number of rotatable bonds is 6. The van der Waals surface area contributed by atoms with Crippen molar-refractivity contribution in [3.63, 3.8) is 0 Å². The van der Waals surface area contributed by atoms with E-state index in [1.165, 1.54) is 19.3 Å². The van der Waals surface area contributed by atoms with Crippen LogP contribution in [0.5, 0.6) is 5.75 Å². The van der Waals surface area contributed by atoms with Crippen molar-refractivity contribution in [1.29, 1.82) is 0 Å². The van der Waals surface area contributed by atoms with Crippen LogP contribution in [0, 0.1) is 5.92 Å². The molecule has 1 aliphatic rings. The van der Waals surface area contributed by atoms with Crippen LogP contribution in [0.25, 0.3) is 0 Å². The molecule has 4 nitrogen and oxygen atoms in total. The van der Waals surface area contributed by atoms with E-state index < -0.39 is 7.12 Å². The zero-order valence-corrected chi connectivity index (χ0v) is 12.9. The van der Waals surface area contributed by atoms with Crippen LogP contribution in [0.15, 0.2) is 18.2 Å². The monoisotopic (exact) mass is 292 g/mol. The van der Waals surface area contributed by atoms with Crippen molar-refractivity contribution in [2.45, 2.75) is 51.7 Å². The lowest BCUT2D eigenvalue weighted by Crippen LogP contribution is -2.30. The second-order valence-electron chi connectivity index (χ2n) is 5.82. The van der Waals surface area contributed by atoms with E-state index in [9.17, 15) is 10.0 Å². The van der Waals surface area contributed by atoms with Gasteiger partial charge in [0.1, 0.15) is 5.75 Å². The summed E-state index contributed by atoms with van der Waals surface area (Å²) in [7, 11) is 0.149. The molecule has 0 heterocycles. The minimum atomic E-state index is -1.46. The van der Waals surface area contributed by atoms with E-state index in [2.05, 4.69) is 6.92 Å². The van der Waals surface area contributed by atoms with Gasteiger partial charge >= 0.3 is 7.12 Å². The molecule has 0 aliphatic heterocycles. The Bertz CT molecular complexity index is 450. The first-order valence-electron chi connectivity index (χ1n) is 7.78. The van der Waals surface area contributed by atoms with Crippen molar-refractivity contribution in [2.75, 3.05) is 7.11 Å². The standard InChI is InChI=1S/C16H25BO4/c1-3-12-5-4-6-15(9-12)21-11-13-10-14(17(18)19)7-8-16(13)20-2/h7-8,10,12,15,18-19H,3-6,9,11H2,1-2H3. The summed E-state index contributed by atoms with van der Waals surface area (Å²) in [5, 5.41) is 18.5. The van der Waals surface area contributed by atoms with E-state index in [-0.39, 0.29) is 0 Å². The number of methoxy groups -OCH3 is 1. The molecule has 1 fully saturated rings. The third-order valence-corrected chi connectivity index (χ3v) is 4.39. The SMILES string of the molecule is CCC1CCCC(OCc2cc(B(O)O)ccc2OC)C1. The van der Waals surface area contributed by atoms with Crippen molar-refractivity contribution in [2.24, 2.45) is 5.92 Å². The topological polar surface area (TPSA) is 58.9 Å². The Morgan fingerprint density at radius 1 is 1.29 bits per heavy atom. The quantitative estimate of drug-likeness (QED) is 0.786. The first-order chi connectivity index (χ1) is 10.1. The van der Waals surface area contributed by atoms with E-state index in [1.54, 1.807) is 25.3 Å². The van der Waals surface area contributed by atoms with E-state index >= 15 is 0 Å². The molecule has 1 aromatic carbocycles. The molecular formula is C16H25BO4. The van der Waals surface area contributed by atoms with Crippen molar-refractivity contribution >= 4 is 12.6 Å². The Kier molecular flexibility index (Phi) is 6.09. The van der Waals surface area contributed by atoms with Gasteiger partial charge in [0.15, 0.2) is 0 Å². The maximum atomic E-state index is 9.27. The summed E-state index contributed by atoms with van der Waals surface area (Å²) in [6.07, 6.45) is 6.30. The summed E-state index contributed by atoms with van der Waals surface area (Å²) in [5.74, 6) is 1.50. The molecular weight excluding hydrogens is 267 g/mol. The molecule has 0 spiro atoms. The predicted molar refractivity (Wildman–Crippen MR) is 83.6 cm³/mol. The fourth-order valence-electron chi connectivity index (χ4n) is 3.04. The fraction of sp³-hybridized carbons (Fsp3) is 0.625. The van der Waals surface area contributed by atoms with Crippen molar-refractivity contribution in [3.8, 4) is 5.75 Å². The van der Waals surface area contributed by atoms with Gasteiger partial charge in [-0.05, 0) is 30.3 Å². The van der Waals surface area contributed by atoms with Gasteiger partial charge in [-0.3, -0.25) is 0 Å². The minimum absolute atomic E-state index is 0.302. The zero-order valence-electron chi connectivity index (χ0n) is 12.9. The molecule has 2 rings (SSSR count). The largest absolute Gasteiger partial charge is 0.496 e. The predicted octanol–water partition coefficient (Wildman–Crippen LogP) is 1.86. The minimum Gasteiger partial charge on any atom is -0.496 e. The van der Waals surface area contributed by atoms with Gasteiger partial charge in [-0.25, -0.2) is 0 Å². The molecule has 1 aromatic rings. The second kappa shape index (κ2) is 7.83. The third kappa shape index (κ3) is 4.46. The van der Waals surface area contributed by atoms with Gasteiger partial charge < -0.3 is 19.5 Å². The molecule has 1 saturated carbocycles. The van der Waals surface area contributed by atoms with E-state index in [1.807, 2.05) is 0 Å². The number of hydrogen-bond donors (Lipinski definition) is 2. The highest BCUT2D eigenvalue weighted by molar-refractivity contribution is 6.58. The Balaban J connectivity index is 1.99. The molecule has 0 radical (unpaired) electrons. The van der Waals surface area contributed by atoms with E-state index in [0.717, 1.165) is 30.1 Å². The maximum Gasteiger partial charge on any atom is 0.488 e. The highest BCUT2D eigenvalue weighted by Gasteiger charge is 2.22. The van der Waals surface area contributed by atoms with Crippen molar-refractivity contribution in [1.82, 2.24) is 0 Å². The molecule has 0 amide bonds. The molecule has 1 aliphatic carbocycles.